The van der Waals surface area contributed by atoms with Crippen molar-refractivity contribution in [2.75, 3.05) is 24.5 Å². The maximum absolute atomic E-state index is 4.67. The number of benzene rings is 1. The van der Waals surface area contributed by atoms with Crippen LogP contribution >= 0.6 is 24.0 Å². The van der Waals surface area contributed by atoms with Crippen molar-refractivity contribution in [1.82, 2.24) is 10.6 Å². The topological polar surface area (TPSA) is 39.7 Å². The Bertz CT molecular complexity index is 502. The molecule has 23 heavy (non-hydrogen) atoms. The molecule has 128 valence electrons. The molecule has 0 radical (unpaired) electrons. The molecule has 0 spiro atoms. The van der Waals surface area contributed by atoms with Crippen LogP contribution in [0.3, 0.4) is 0 Å². The first-order chi connectivity index (χ1) is 10.7. The van der Waals surface area contributed by atoms with Gasteiger partial charge in [0.05, 0.1) is 6.54 Å². The van der Waals surface area contributed by atoms with Gasteiger partial charge in [0.2, 0.25) is 0 Å². The van der Waals surface area contributed by atoms with E-state index in [2.05, 4.69) is 77.7 Å². The van der Waals surface area contributed by atoms with Crippen LogP contribution in [0.4, 0.5) is 5.69 Å². The smallest absolute Gasteiger partial charge is 0.191 e. The Hall–Kier alpha value is -1.24. The molecule has 1 aromatic rings. The Balaban J connectivity index is 0.00000264. The fourth-order valence-corrected chi connectivity index (χ4v) is 2.33. The average Bonchev–Trinajstić information content (AvgIpc) is 3.07. The Labute approximate surface area is 157 Å². The van der Waals surface area contributed by atoms with Crippen LogP contribution in [0.25, 0.3) is 0 Å². The zero-order valence-electron chi connectivity index (χ0n) is 14.4. The highest BCUT2D eigenvalue weighted by Gasteiger charge is 2.07. The highest BCUT2D eigenvalue weighted by atomic mass is 127. The highest BCUT2D eigenvalue weighted by Crippen LogP contribution is 2.17. The number of nitrogens with one attached hydrogen (secondary N) is 2. The van der Waals surface area contributed by atoms with Crippen molar-refractivity contribution in [3.63, 3.8) is 0 Å². The van der Waals surface area contributed by atoms with Gasteiger partial charge in [0.25, 0.3) is 0 Å². The van der Waals surface area contributed by atoms with Crippen LogP contribution in [0, 0.1) is 0 Å². The van der Waals surface area contributed by atoms with Crippen LogP contribution in [0.1, 0.15) is 32.8 Å². The lowest BCUT2D eigenvalue weighted by atomic mass is 10.2. The number of hydrogen-bond donors (Lipinski definition) is 2. The Morgan fingerprint density at radius 3 is 2.39 bits per heavy atom. The molecule has 0 amide bonds. The molecule has 0 aromatic heterocycles. The molecule has 2 N–H and O–H groups in total. The minimum absolute atomic E-state index is 0. The van der Waals surface area contributed by atoms with E-state index in [0.717, 1.165) is 32.0 Å². The second-order valence-electron chi connectivity index (χ2n) is 5.69. The lowest BCUT2D eigenvalue weighted by Gasteiger charge is -2.18. The van der Waals surface area contributed by atoms with E-state index in [1.807, 2.05) is 0 Å². The van der Waals surface area contributed by atoms with Crippen LogP contribution in [0.5, 0.6) is 0 Å². The average molecular weight is 428 g/mol. The van der Waals surface area contributed by atoms with Crippen LogP contribution in [0.2, 0.25) is 0 Å². The van der Waals surface area contributed by atoms with Crippen molar-refractivity contribution in [2.24, 2.45) is 4.99 Å². The van der Waals surface area contributed by atoms with Crippen molar-refractivity contribution in [3.8, 4) is 0 Å². The van der Waals surface area contributed by atoms with Gasteiger partial charge >= 0.3 is 0 Å². The fourth-order valence-electron chi connectivity index (χ4n) is 2.33. The van der Waals surface area contributed by atoms with Gasteiger partial charge in [-0.05, 0) is 38.0 Å². The maximum atomic E-state index is 4.67. The molecule has 0 fully saturated rings. The lowest BCUT2D eigenvalue weighted by molar-refractivity contribution is 0.624. The molecule has 1 atom stereocenters. The summed E-state index contributed by atoms with van der Waals surface area (Å²) in [5.41, 5.74) is 2.51. The molecule has 0 saturated carbocycles. The third kappa shape index (κ3) is 6.41. The lowest BCUT2D eigenvalue weighted by Crippen LogP contribution is -2.41. The summed E-state index contributed by atoms with van der Waals surface area (Å²) in [6.07, 6.45) is 5.51. The van der Waals surface area contributed by atoms with E-state index in [0.29, 0.717) is 12.6 Å². The maximum Gasteiger partial charge on any atom is 0.191 e. The van der Waals surface area contributed by atoms with Crippen molar-refractivity contribution < 1.29 is 0 Å². The van der Waals surface area contributed by atoms with E-state index in [4.69, 9.17) is 0 Å². The van der Waals surface area contributed by atoms with Gasteiger partial charge in [-0.2, -0.15) is 0 Å². The molecular weight excluding hydrogens is 399 g/mol. The van der Waals surface area contributed by atoms with Crippen molar-refractivity contribution in [3.05, 3.63) is 42.0 Å². The summed E-state index contributed by atoms with van der Waals surface area (Å²) in [6.45, 7) is 10.0. The van der Waals surface area contributed by atoms with Crippen molar-refractivity contribution in [2.45, 2.75) is 39.8 Å². The largest absolute Gasteiger partial charge is 0.364 e. The molecule has 1 heterocycles. The number of rotatable bonds is 6. The van der Waals surface area contributed by atoms with Crippen LogP contribution in [0.15, 0.2) is 41.4 Å². The van der Waals surface area contributed by atoms with Gasteiger partial charge in [-0.1, -0.05) is 31.2 Å². The first-order valence-corrected chi connectivity index (χ1v) is 8.26. The normalized spacial score (nSPS) is 15.3. The van der Waals surface area contributed by atoms with Gasteiger partial charge in [0, 0.05) is 31.4 Å². The van der Waals surface area contributed by atoms with E-state index in [-0.39, 0.29) is 24.0 Å². The third-order valence-corrected chi connectivity index (χ3v) is 3.88. The number of halogens is 1. The minimum atomic E-state index is 0. The molecule has 0 aliphatic carbocycles. The van der Waals surface area contributed by atoms with Gasteiger partial charge in [0.1, 0.15) is 0 Å². The number of guanidine groups is 1. The number of aliphatic imine (C=N–C) groups is 1. The molecule has 1 aliphatic rings. The predicted molar refractivity (Wildman–Crippen MR) is 111 cm³/mol. The molecular formula is C18H29IN4. The Morgan fingerprint density at radius 2 is 1.83 bits per heavy atom. The van der Waals surface area contributed by atoms with Crippen LogP contribution < -0.4 is 15.5 Å². The van der Waals surface area contributed by atoms with Gasteiger partial charge in [-0.3, -0.25) is 0 Å². The van der Waals surface area contributed by atoms with E-state index in [1.165, 1.54) is 11.3 Å². The Morgan fingerprint density at radius 1 is 1.17 bits per heavy atom. The SMILES string of the molecule is CCNC(=NCc1ccc(N2CC=CC2)cc1)NC(C)CC.I. The summed E-state index contributed by atoms with van der Waals surface area (Å²) in [5, 5.41) is 6.71. The van der Waals surface area contributed by atoms with Crippen molar-refractivity contribution >= 4 is 35.6 Å². The first kappa shape index (κ1) is 19.8. The third-order valence-electron chi connectivity index (χ3n) is 3.88. The second kappa shape index (κ2) is 10.5. The summed E-state index contributed by atoms with van der Waals surface area (Å²) in [5.74, 6) is 0.893. The van der Waals surface area contributed by atoms with Crippen molar-refractivity contribution in [1.29, 1.82) is 0 Å². The number of hydrogen-bond acceptors (Lipinski definition) is 2. The standard InChI is InChI=1S/C18H28N4.HI/c1-4-15(3)21-18(19-5-2)20-14-16-8-10-17(11-9-16)22-12-6-7-13-22;/h6-11,15H,4-5,12-14H2,1-3H3,(H2,19,20,21);1H. The van der Waals surface area contributed by atoms with Gasteiger partial charge in [-0.25, -0.2) is 4.99 Å². The summed E-state index contributed by atoms with van der Waals surface area (Å²) in [4.78, 5) is 7.02. The summed E-state index contributed by atoms with van der Waals surface area (Å²) >= 11 is 0. The van der Waals surface area contributed by atoms with E-state index >= 15 is 0 Å². The number of nitrogens with zero attached hydrogens (tertiary/aromatic N) is 2. The minimum Gasteiger partial charge on any atom is -0.364 e. The van der Waals surface area contributed by atoms with E-state index < -0.39 is 0 Å². The Kier molecular flexibility index (Phi) is 9.06. The molecule has 2 rings (SSSR count). The van der Waals surface area contributed by atoms with E-state index in [9.17, 15) is 0 Å². The van der Waals surface area contributed by atoms with Gasteiger partial charge in [0.15, 0.2) is 5.96 Å². The van der Waals surface area contributed by atoms with Crippen LogP contribution in [-0.2, 0) is 6.54 Å². The molecule has 0 saturated heterocycles. The molecule has 1 aliphatic heterocycles. The number of anilines is 1. The quantitative estimate of drug-likeness (QED) is 0.315. The zero-order valence-corrected chi connectivity index (χ0v) is 16.7. The van der Waals surface area contributed by atoms with Crippen LogP contribution in [-0.4, -0.2) is 31.6 Å². The van der Waals surface area contributed by atoms with Gasteiger partial charge in [-0.15, -0.1) is 24.0 Å². The molecule has 4 nitrogen and oxygen atoms in total. The fraction of sp³-hybridized carbons (Fsp3) is 0.500. The van der Waals surface area contributed by atoms with E-state index in [1.54, 1.807) is 0 Å². The molecule has 0 bridgehead atoms. The molecule has 1 aromatic carbocycles. The molecule has 5 heteroatoms. The highest BCUT2D eigenvalue weighted by molar-refractivity contribution is 14.0. The summed E-state index contributed by atoms with van der Waals surface area (Å²) in [6, 6.07) is 9.15. The molecule has 1 unspecified atom stereocenters. The predicted octanol–water partition coefficient (Wildman–Crippen LogP) is 3.53. The zero-order chi connectivity index (χ0) is 15.8. The summed E-state index contributed by atoms with van der Waals surface area (Å²) < 4.78 is 0. The van der Waals surface area contributed by atoms with Gasteiger partial charge < -0.3 is 15.5 Å². The summed E-state index contributed by atoms with van der Waals surface area (Å²) in [7, 11) is 0. The first-order valence-electron chi connectivity index (χ1n) is 8.26. The monoisotopic (exact) mass is 428 g/mol. The second-order valence-corrected chi connectivity index (χ2v) is 5.69.